The first-order valence-corrected chi connectivity index (χ1v) is 18.8. The first-order chi connectivity index (χ1) is 25.6. The topological polar surface area (TPSA) is 138 Å². The Morgan fingerprint density at radius 2 is 1.10 bits per heavy atom. The molecule has 2 aliphatic rings. The molecular formula is C41H35CuN9O. The summed E-state index contributed by atoms with van der Waals surface area (Å²) in [5.74, 6) is 2.43. The van der Waals surface area contributed by atoms with Gasteiger partial charge in [0.1, 0.15) is 0 Å². The number of amides is 1. The summed E-state index contributed by atoms with van der Waals surface area (Å²) in [4.78, 5) is 51.1. The van der Waals surface area contributed by atoms with E-state index in [0.29, 0.717) is 62.8 Å². The number of H-pyrrole nitrogens is 2. The van der Waals surface area contributed by atoms with E-state index >= 15 is 0 Å². The Balaban J connectivity index is 1.31. The van der Waals surface area contributed by atoms with E-state index in [9.17, 15) is 4.79 Å². The van der Waals surface area contributed by atoms with Gasteiger partial charge in [0.05, 0.1) is 0 Å². The fraction of sp³-hybridized carbons (Fsp3) is 0.195. The molecule has 0 saturated carbocycles. The number of hydrogen-bond acceptors (Lipinski definition) is 7. The molecule has 52 heavy (non-hydrogen) atoms. The van der Waals surface area contributed by atoms with Crippen LogP contribution in [0.4, 0.5) is 0 Å². The molecule has 1 amide bonds. The van der Waals surface area contributed by atoms with Gasteiger partial charge in [-0.2, -0.15) is 0 Å². The average molecular weight is 733 g/mol. The third kappa shape index (κ3) is 5.62. The number of unbranched alkanes of at least 4 members (excludes halogenated alkanes) is 1. The summed E-state index contributed by atoms with van der Waals surface area (Å²) < 4.78 is 3.11. The SMILES string of the molecule is CCCCC(CC)[CH2][Cu][NH]C(=O)c1cccc2c3nc4nc(nc5[nH]c(nc6nc(nc([nH]3)c12)-c1ccccc1-6)c1ccccc51)-c1ccccc1-4. The van der Waals surface area contributed by atoms with Crippen LogP contribution in [0, 0.1) is 5.92 Å². The van der Waals surface area contributed by atoms with Crippen molar-refractivity contribution in [1.29, 1.82) is 0 Å². The van der Waals surface area contributed by atoms with Crippen molar-refractivity contribution in [2.24, 2.45) is 5.92 Å². The van der Waals surface area contributed by atoms with E-state index in [2.05, 4.69) is 28.1 Å². The second-order valence-electron chi connectivity index (χ2n) is 13.0. The first kappa shape index (κ1) is 32.2. The first-order valence-electron chi connectivity index (χ1n) is 17.6. The van der Waals surface area contributed by atoms with Crippen molar-refractivity contribution < 1.29 is 20.0 Å². The zero-order chi connectivity index (χ0) is 35.2. The number of carbonyl (C=O) groups excluding carboxylic acids is 1. The molecule has 0 aliphatic carbocycles. The van der Waals surface area contributed by atoms with Crippen molar-refractivity contribution in [3.8, 4) is 45.6 Å². The van der Waals surface area contributed by atoms with Crippen LogP contribution >= 0.6 is 0 Å². The fourth-order valence-corrected chi connectivity index (χ4v) is 8.04. The van der Waals surface area contributed by atoms with Gasteiger partial charge in [-0.15, -0.1) is 0 Å². The van der Waals surface area contributed by atoms with Gasteiger partial charge in [-0.05, 0) is 0 Å². The Kier molecular flexibility index (Phi) is 8.29. The van der Waals surface area contributed by atoms with Gasteiger partial charge < -0.3 is 0 Å². The normalized spacial score (nSPS) is 12.6. The van der Waals surface area contributed by atoms with Gasteiger partial charge in [0.25, 0.3) is 0 Å². The summed E-state index contributed by atoms with van der Waals surface area (Å²) in [7, 11) is 0. The van der Waals surface area contributed by atoms with E-state index < -0.39 is 0 Å². The van der Waals surface area contributed by atoms with Crippen LogP contribution in [0.3, 0.4) is 0 Å². The van der Waals surface area contributed by atoms with Crippen molar-refractivity contribution in [3.63, 3.8) is 0 Å². The van der Waals surface area contributed by atoms with Crippen molar-refractivity contribution in [1.82, 2.24) is 44.2 Å². The number of hydrogen-bond donors (Lipinski definition) is 3. The quantitative estimate of drug-likeness (QED) is 0.132. The molecular weight excluding hydrogens is 698 g/mol. The van der Waals surface area contributed by atoms with Crippen LogP contribution in [-0.2, 0) is 15.2 Å². The van der Waals surface area contributed by atoms with Gasteiger partial charge in [-0.25, -0.2) is 0 Å². The average Bonchev–Trinajstić information content (AvgIpc) is 3.92. The Hall–Kier alpha value is -5.77. The Labute approximate surface area is 306 Å². The minimum absolute atomic E-state index is 0.188. The molecule has 5 heterocycles. The Morgan fingerprint density at radius 3 is 1.63 bits per heavy atom. The van der Waals surface area contributed by atoms with E-state index in [1.807, 2.05) is 91.0 Å². The predicted octanol–water partition coefficient (Wildman–Crippen LogP) is 9.23. The molecule has 0 spiro atoms. The van der Waals surface area contributed by atoms with Crippen molar-refractivity contribution >= 4 is 50.0 Å². The molecule has 9 rings (SSSR count). The second-order valence-corrected chi connectivity index (χ2v) is 14.0. The number of benzene rings is 4. The van der Waals surface area contributed by atoms with Gasteiger partial charge in [0, 0.05) is 5.39 Å². The monoisotopic (exact) mass is 732 g/mol. The Morgan fingerprint density at radius 1 is 0.615 bits per heavy atom. The van der Waals surface area contributed by atoms with Gasteiger partial charge in [0.15, 0.2) is 0 Å². The van der Waals surface area contributed by atoms with E-state index in [0.717, 1.165) is 56.6 Å². The molecule has 0 fully saturated rings. The summed E-state index contributed by atoms with van der Waals surface area (Å²) in [5.41, 5.74) is 6.24. The Bertz CT molecular complexity index is 2690. The standard InChI is InChI=1S/C33H19N9O.C8H17.Cu/c34-25(43)22-14-7-15-23-24(22)33-41-31-21-13-6-5-12-20(21)29(39-31)37-27-17-9-2-1-8-16(17)26(35-27)36-28-18-10-3-4-11-19(18)30(38-28)40-32(23)42-33;1-4-6-7-8(3)5-2;/h1-15H,(H4,34,35,36,37,38,39,40,41,42,43);8H,3-7H2,1-2H3;/q;;+1/p-1. The molecule has 0 radical (unpaired) electrons. The van der Waals surface area contributed by atoms with Crippen LogP contribution in [0.2, 0.25) is 5.32 Å². The molecule has 3 N–H and O–H groups in total. The molecule has 8 bridgehead atoms. The maximum atomic E-state index is 13.9. The predicted molar refractivity (Wildman–Crippen MR) is 202 cm³/mol. The van der Waals surface area contributed by atoms with Gasteiger partial charge in [-0.1, -0.05) is 24.3 Å². The van der Waals surface area contributed by atoms with E-state index in [4.69, 9.17) is 29.9 Å². The second kappa shape index (κ2) is 13.4. The van der Waals surface area contributed by atoms with Crippen LogP contribution in [0.25, 0.3) is 89.7 Å². The summed E-state index contributed by atoms with van der Waals surface area (Å²) in [6.45, 7) is 4.42. The number of nitrogens with zero attached hydrogens (tertiary/aromatic N) is 6. The zero-order valence-electron chi connectivity index (χ0n) is 28.7. The van der Waals surface area contributed by atoms with E-state index in [-0.39, 0.29) is 5.91 Å². The summed E-state index contributed by atoms with van der Waals surface area (Å²) in [5, 5.41) is 4.10. The van der Waals surface area contributed by atoms with Gasteiger partial charge in [0.2, 0.25) is 0 Å². The molecule has 7 aromatic rings. The summed E-state index contributed by atoms with van der Waals surface area (Å²) >= 11 is 1.58. The zero-order valence-corrected chi connectivity index (χ0v) is 29.6. The molecule has 1 atom stereocenters. The van der Waals surface area contributed by atoms with Crippen molar-refractivity contribution in [3.05, 3.63) is 96.6 Å². The van der Waals surface area contributed by atoms with Crippen LogP contribution < -0.4 is 4.33 Å². The number of carbonyl (C=O) groups is 1. The molecule has 1 unspecified atom stereocenters. The minimum atomic E-state index is -0.188. The maximum absolute atomic E-state index is 13.9. The van der Waals surface area contributed by atoms with Gasteiger partial charge >= 0.3 is 277 Å². The van der Waals surface area contributed by atoms with Crippen LogP contribution in [0.5, 0.6) is 0 Å². The summed E-state index contributed by atoms with van der Waals surface area (Å²) in [6, 6.07) is 29.6. The van der Waals surface area contributed by atoms with E-state index in [1.165, 1.54) is 12.8 Å². The van der Waals surface area contributed by atoms with Crippen LogP contribution in [0.1, 0.15) is 49.9 Å². The number of aromatic nitrogens is 8. The van der Waals surface area contributed by atoms with E-state index in [1.54, 1.807) is 15.2 Å². The van der Waals surface area contributed by atoms with Gasteiger partial charge in [-0.3, -0.25) is 0 Å². The van der Waals surface area contributed by atoms with Crippen LogP contribution in [0.15, 0.2) is 91.0 Å². The number of aromatic amines is 2. The van der Waals surface area contributed by atoms with Crippen molar-refractivity contribution in [2.75, 3.05) is 0 Å². The third-order valence-electron chi connectivity index (χ3n) is 9.72. The molecule has 261 valence electrons. The number of nitrogens with one attached hydrogen (secondary N) is 3. The molecule has 10 nitrogen and oxygen atoms in total. The molecule has 0 saturated heterocycles. The number of fused-ring (bicyclic) bond motifs is 20. The van der Waals surface area contributed by atoms with Crippen molar-refractivity contribution in [2.45, 2.75) is 44.9 Å². The van der Waals surface area contributed by atoms with Crippen LogP contribution in [-0.4, -0.2) is 45.8 Å². The molecule has 2 aliphatic heterocycles. The fourth-order valence-electron chi connectivity index (χ4n) is 6.93. The molecule has 11 heteroatoms. The number of rotatable bonds is 8. The molecule has 3 aromatic heterocycles. The summed E-state index contributed by atoms with van der Waals surface area (Å²) in [6.07, 6.45) is 4.60. The molecule has 4 aromatic carbocycles. The third-order valence-corrected chi connectivity index (χ3v) is 10.8.